The van der Waals surface area contributed by atoms with Crippen LogP contribution in [-0.4, -0.2) is 24.0 Å². The van der Waals surface area contributed by atoms with Crippen LogP contribution in [0.4, 0.5) is 0 Å². The molecule has 0 bridgehead atoms. The van der Waals surface area contributed by atoms with Gasteiger partial charge in [-0.15, -0.1) is 0 Å². The number of Topliss-reactive ketones (excluding diaryl/α,β-unsaturated/α-hetero) is 1. The molecule has 2 heterocycles. The van der Waals surface area contributed by atoms with Crippen LogP contribution < -0.4 is 0 Å². The summed E-state index contributed by atoms with van der Waals surface area (Å²) in [6, 6.07) is 1.89. The van der Waals surface area contributed by atoms with Gasteiger partial charge >= 0.3 is 0 Å². The van der Waals surface area contributed by atoms with E-state index in [9.17, 15) is 4.79 Å². The Hall–Kier alpha value is -1.22. The van der Waals surface area contributed by atoms with Crippen molar-refractivity contribution in [1.29, 1.82) is 0 Å². The number of ketones is 1. The molecule has 0 aliphatic carbocycles. The molecule has 1 aliphatic rings. The van der Waals surface area contributed by atoms with Gasteiger partial charge in [-0.25, -0.2) is 0 Å². The predicted octanol–water partition coefficient (Wildman–Crippen LogP) is 2.00. The Bertz CT molecular complexity index is 356. The van der Waals surface area contributed by atoms with Crippen molar-refractivity contribution in [3.05, 3.63) is 29.6 Å². The number of carbonyl (C=O) groups excluding carboxylic acids is 1. The van der Waals surface area contributed by atoms with Crippen LogP contribution in [0.1, 0.15) is 28.8 Å². The lowest BCUT2D eigenvalue weighted by atomic mass is 9.93. The van der Waals surface area contributed by atoms with E-state index < -0.39 is 0 Å². The molecule has 0 saturated carbocycles. The summed E-state index contributed by atoms with van der Waals surface area (Å²) < 4.78 is 5.31. The average molecular weight is 205 g/mol. The molecule has 0 aromatic carbocycles. The van der Waals surface area contributed by atoms with Crippen molar-refractivity contribution in [3.8, 4) is 0 Å². The summed E-state index contributed by atoms with van der Waals surface area (Å²) >= 11 is 0. The van der Waals surface area contributed by atoms with Gasteiger partial charge in [0.2, 0.25) is 0 Å². The molecule has 0 amide bonds. The molecule has 1 aromatic rings. The van der Waals surface area contributed by atoms with E-state index in [0.29, 0.717) is 12.2 Å². The zero-order valence-electron chi connectivity index (χ0n) is 8.90. The van der Waals surface area contributed by atoms with Gasteiger partial charge < -0.3 is 4.74 Å². The Morgan fingerprint density at radius 3 is 3.07 bits per heavy atom. The molecule has 1 aliphatic heterocycles. The van der Waals surface area contributed by atoms with Crippen molar-refractivity contribution in [2.75, 3.05) is 13.2 Å². The zero-order chi connectivity index (χ0) is 10.7. The molecule has 1 atom stereocenters. The van der Waals surface area contributed by atoms with Crippen LogP contribution in [0.3, 0.4) is 0 Å². The van der Waals surface area contributed by atoms with E-state index in [1.165, 1.54) is 0 Å². The number of aromatic nitrogens is 1. The summed E-state index contributed by atoms with van der Waals surface area (Å²) in [4.78, 5) is 16.1. The van der Waals surface area contributed by atoms with E-state index in [0.717, 1.165) is 25.0 Å². The lowest BCUT2D eigenvalue weighted by molar-refractivity contribution is 0.0461. The predicted molar refractivity (Wildman–Crippen MR) is 56.8 cm³/mol. The molecule has 0 radical (unpaired) electrons. The maximum Gasteiger partial charge on any atom is 0.169 e. The number of rotatable bonds is 2. The molecular formula is C12H15NO2. The Labute approximate surface area is 89.5 Å². The quantitative estimate of drug-likeness (QED) is 0.693. The van der Waals surface area contributed by atoms with Gasteiger partial charge in [0, 0.05) is 30.5 Å². The van der Waals surface area contributed by atoms with Crippen LogP contribution >= 0.6 is 0 Å². The SMILES string of the molecule is Cc1cncc(C(=O)C2CCCOC2)c1. The monoisotopic (exact) mass is 205 g/mol. The molecule has 0 spiro atoms. The van der Waals surface area contributed by atoms with E-state index in [-0.39, 0.29) is 11.7 Å². The van der Waals surface area contributed by atoms with Crippen LogP contribution in [0.5, 0.6) is 0 Å². The third-order valence-corrected chi connectivity index (χ3v) is 2.69. The van der Waals surface area contributed by atoms with Crippen molar-refractivity contribution in [2.45, 2.75) is 19.8 Å². The molecule has 3 nitrogen and oxygen atoms in total. The van der Waals surface area contributed by atoms with Gasteiger partial charge in [-0.2, -0.15) is 0 Å². The van der Waals surface area contributed by atoms with Crippen LogP contribution in [-0.2, 0) is 4.74 Å². The van der Waals surface area contributed by atoms with E-state index in [1.807, 2.05) is 13.0 Å². The van der Waals surface area contributed by atoms with Gasteiger partial charge in [-0.05, 0) is 31.4 Å². The second-order valence-corrected chi connectivity index (χ2v) is 4.03. The second kappa shape index (κ2) is 4.53. The van der Waals surface area contributed by atoms with Gasteiger partial charge in [0.25, 0.3) is 0 Å². The van der Waals surface area contributed by atoms with Gasteiger partial charge in [0.05, 0.1) is 6.61 Å². The summed E-state index contributed by atoms with van der Waals surface area (Å²) in [5.74, 6) is 0.202. The van der Waals surface area contributed by atoms with Crippen molar-refractivity contribution < 1.29 is 9.53 Å². The summed E-state index contributed by atoms with van der Waals surface area (Å²) in [6.07, 6.45) is 5.32. The minimum absolute atomic E-state index is 0.0300. The first-order valence-electron chi connectivity index (χ1n) is 5.31. The molecular weight excluding hydrogens is 190 g/mol. The van der Waals surface area contributed by atoms with E-state index in [2.05, 4.69) is 4.98 Å². The molecule has 1 fully saturated rings. The van der Waals surface area contributed by atoms with E-state index in [1.54, 1.807) is 12.4 Å². The highest BCUT2D eigenvalue weighted by atomic mass is 16.5. The van der Waals surface area contributed by atoms with Crippen molar-refractivity contribution in [3.63, 3.8) is 0 Å². The Balaban J connectivity index is 2.12. The maximum atomic E-state index is 12.0. The molecule has 1 aromatic heterocycles. The number of ether oxygens (including phenoxy) is 1. The molecule has 1 unspecified atom stereocenters. The highest BCUT2D eigenvalue weighted by Crippen LogP contribution is 2.18. The smallest absolute Gasteiger partial charge is 0.169 e. The number of hydrogen-bond donors (Lipinski definition) is 0. The average Bonchev–Trinajstić information content (AvgIpc) is 2.29. The number of pyridine rings is 1. The van der Waals surface area contributed by atoms with Gasteiger partial charge in [0.1, 0.15) is 0 Å². The molecule has 0 N–H and O–H groups in total. The van der Waals surface area contributed by atoms with Crippen LogP contribution in [0, 0.1) is 12.8 Å². The third-order valence-electron chi connectivity index (χ3n) is 2.69. The van der Waals surface area contributed by atoms with Crippen molar-refractivity contribution in [2.24, 2.45) is 5.92 Å². The molecule has 80 valence electrons. The minimum atomic E-state index is 0.0300. The van der Waals surface area contributed by atoms with Crippen molar-refractivity contribution in [1.82, 2.24) is 4.98 Å². The van der Waals surface area contributed by atoms with E-state index in [4.69, 9.17) is 4.74 Å². The Morgan fingerprint density at radius 2 is 2.40 bits per heavy atom. The lowest BCUT2D eigenvalue weighted by Gasteiger charge is -2.20. The fraction of sp³-hybridized carbons (Fsp3) is 0.500. The number of hydrogen-bond acceptors (Lipinski definition) is 3. The summed E-state index contributed by atoms with van der Waals surface area (Å²) in [5, 5.41) is 0. The summed E-state index contributed by atoms with van der Waals surface area (Å²) in [7, 11) is 0. The normalized spacial score (nSPS) is 21.3. The first-order valence-corrected chi connectivity index (χ1v) is 5.31. The standard InChI is InChI=1S/C12H15NO2/c1-9-5-11(7-13-6-9)12(14)10-3-2-4-15-8-10/h5-7,10H,2-4,8H2,1H3. The number of nitrogens with zero attached hydrogens (tertiary/aromatic N) is 1. The number of aryl methyl sites for hydroxylation is 1. The Morgan fingerprint density at radius 1 is 1.53 bits per heavy atom. The molecule has 3 heteroatoms. The van der Waals surface area contributed by atoms with E-state index >= 15 is 0 Å². The van der Waals surface area contributed by atoms with Gasteiger partial charge in [-0.1, -0.05) is 0 Å². The summed E-state index contributed by atoms with van der Waals surface area (Å²) in [6.45, 7) is 3.30. The Kier molecular flexibility index (Phi) is 3.11. The first-order chi connectivity index (χ1) is 7.27. The molecule has 1 saturated heterocycles. The summed E-state index contributed by atoms with van der Waals surface area (Å²) in [5.41, 5.74) is 1.74. The first kappa shape index (κ1) is 10.3. The van der Waals surface area contributed by atoms with Crippen molar-refractivity contribution >= 4 is 5.78 Å². The molecule has 15 heavy (non-hydrogen) atoms. The molecule has 2 rings (SSSR count). The second-order valence-electron chi connectivity index (χ2n) is 4.03. The largest absolute Gasteiger partial charge is 0.381 e. The fourth-order valence-electron chi connectivity index (χ4n) is 1.87. The van der Waals surface area contributed by atoms with Crippen LogP contribution in [0.15, 0.2) is 18.5 Å². The van der Waals surface area contributed by atoms with Crippen LogP contribution in [0.25, 0.3) is 0 Å². The van der Waals surface area contributed by atoms with Gasteiger partial charge in [0.15, 0.2) is 5.78 Å². The lowest BCUT2D eigenvalue weighted by Crippen LogP contribution is -2.25. The third kappa shape index (κ3) is 2.42. The topological polar surface area (TPSA) is 39.2 Å². The fourth-order valence-corrected chi connectivity index (χ4v) is 1.87. The highest BCUT2D eigenvalue weighted by Gasteiger charge is 2.23. The zero-order valence-corrected chi connectivity index (χ0v) is 8.90. The van der Waals surface area contributed by atoms with Gasteiger partial charge in [-0.3, -0.25) is 9.78 Å². The minimum Gasteiger partial charge on any atom is -0.381 e. The van der Waals surface area contributed by atoms with Crippen LogP contribution in [0.2, 0.25) is 0 Å². The maximum absolute atomic E-state index is 12.0. The number of carbonyl (C=O) groups is 1. The highest BCUT2D eigenvalue weighted by molar-refractivity contribution is 5.97.